The lowest BCUT2D eigenvalue weighted by Gasteiger charge is -2.32. The number of aromatic hydroxyl groups is 1. The van der Waals surface area contributed by atoms with Crippen LogP contribution in [0.1, 0.15) is 29.3 Å². The molecule has 1 fully saturated rings. The number of nitrogens with zero attached hydrogens (tertiary/aromatic N) is 1. The summed E-state index contributed by atoms with van der Waals surface area (Å²) in [7, 11) is 0. The van der Waals surface area contributed by atoms with Gasteiger partial charge in [0.15, 0.2) is 0 Å². The van der Waals surface area contributed by atoms with Crippen LogP contribution in [-0.2, 0) is 16.1 Å². The van der Waals surface area contributed by atoms with E-state index < -0.39 is 0 Å². The van der Waals surface area contributed by atoms with Crippen LogP contribution in [0.5, 0.6) is 5.75 Å². The number of piperidine rings is 1. The number of phenols is 1. The summed E-state index contributed by atoms with van der Waals surface area (Å²) in [5.41, 5.74) is 1.98. The number of benzene rings is 1. The molecule has 6 heteroatoms. The fourth-order valence-electron chi connectivity index (χ4n) is 2.71. The summed E-state index contributed by atoms with van der Waals surface area (Å²) in [5, 5.41) is 11.7. The Morgan fingerprint density at radius 2 is 2.16 bits per heavy atom. The number of amides is 2. The van der Waals surface area contributed by atoms with E-state index in [2.05, 4.69) is 17.9 Å². The lowest BCUT2D eigenvalue weighted by molar-refractivity contribution is -0.137. The van der Waals surface area contributed by atoms with Gasteiger partial charge in [0, 0.05) is 13.0 Å². The molecule has 2 atom stereocenters. The van der Waals surface area contributed by atoms with Gasteiger partial charge in [0.1, 0.15) is 5.75 Å². The molecule has 0 aliphatic carbocycles. The molecule has 2 aliphatic rings. The summed E-state index contributed by atoms with van der Waals surface area (Å²) < 4.78 is 0. The van der Waals surface area contributed by atoms with Gasteiger partial charge in [-0.15, -0.1) is 0 Å². The number of fused-ring (bicyclic) bond motifs is 1. The number of thiol groups is 1. The van der Waals surface area contributed by atoms with E-state index in [1.807, 2.05) is 11.0 Å². The van der Waals surface area contributed by atoms with Crippen molar-refractivity contribution in [1.82, 2.24) is 10.2 Å². The van der Waals surface area contributed by atoms with Gasteiger partial charge in [-0.1, -0.05) is 6.07 Å². The molecule has 0 spiro atoms. The number of nitrogens with one attached hydrogen (secondary N) is 1. The van der Waals surface area contributed by atoms with Crippen LogP contribution in [0.2, 0.25) is 0 Å². The van der Waals surface area contributed by atoms with Crippen LogP contribution in [0.3, 0.4) is 0 Å². The molecule has 2 amide bonds. The molecule has 1 aromatic carbocycles. The van der Waals surface area contributed by atoms with Gasteiger partial charge in [-0.05, 0) is 29.7 Å². The number of rotatable bonds is 1. The molecular weight excluding hydrogens is 264 g/mol. The first-order valence-electron chi connectivity index (χ1n) is 6.15. The molecule has 0 aromatic heterocycles. The number of imide groups is 1. The van der Waals surface area contributed by atoms with Crippen molar-refractivity contribution in [2.75, 3.05) is 0 Å². The fraction of sp³-hybridized carbons (Fsp3) is 0.385. The molecular formula is C13H14N2O3S. The molecule has 0 radical (unpaired) electrons. The summed E-state index contributed by atoms with van der Waals surface area (Å²) in [6.07, 6.45) is 0.872. The Hall–Kier alpha value is -1.53. The highest BCUT2D eigenvalue weighted by Crippen LogP contribution is 2.40. The van der Waals surface area contributed by atoms with E-state index in [4.69, 9.17) is 0 Å². The third-order valence-corrected chi connectivity index (χ3v) is 4.26. The average Bonchev–Trinajstić information content (AvgIpc) is 2.67. The Balaban J connectivity index is 1.85. The summed E-state index contributed by atoms with van der Waals surface area (Å²) in [4.78, 5) is 25.0. The molecule has 3 rings (SSSR count). The van der Waals surface area contributed by atoms with Crippen molar-refractivity contribution in [2.24, 2.45) is 0 Å². The van der Waals surface area contributed by atoms with Crippen LogP contribution in [0.25, 0.3) is 0 Å². The van der Waals surface area contributed by atoms with Gasteiger partial charge in [0.2, 0.25) is 11.8 Å². The third-order valence-electron chi connectivity index (χ3n) is 3.69. The Labute approximate surface area is 116 Å². The molecule has 0 bridgehead atoms. The van der Waals surface area contributed by atoms with Gasteiger partial charge in [-0.3, -0.25) is 19.8 Å². The second-order valence-electron chi connectivity index (χ2n) is 4.90. The minimum atomic E-state index is -0.338. The smallest absolute Gasteiger partial charge is 0.243 e. The summed E-state index contributed by atoms with van der Waals surface area (Å²) in [6.45, 7) is 0.607. The molecule has 1 saturated heterocycles. The standard InChI is InChI=1S/C13H14N2O3S/c16-8-2-1-7-6-15(13(19)9(7)5-8)10-3-4-11(17)14-12(10)18/h1-2,5,10,13,16,19H,3-4,6H2,(H,14,17,18). The van der Waals surface area contributed by atoms with Crippen molar-refractivity contribution in [3.8, 4) is 5.75 Å². The molecule has 0 saturated carbocycles. The highest BCUT2D eigenvalue weighted by atomic mass is 32.1. The zero-order chi connectivity index (χ0) is 13.6. The van der Waals surface area contributed by atoms with Gasteiger partial charge in [0.05, 0.1) is 11.4 Å². The molecule has 2 heterocycles. The second-order valence-corrected chi connectivity index (χ2v) is 5.39. The zero-order valence-corrected chi connectivity index (χ0v) is 11.1. The van der Waals surface area contributed by atoms with Gasteiger partial charge < -0.3 is 5.11 Å². The summed E-state index contributed by atoms with van der Waals surface area (Å²) in [6, 6.07) is 4.82. The molecule has 5 nitrogen and oxygen atoms in total. The maximum atomic E-state index is 11.9. The first kappa shape index (κ1) is 12.5. The fourth-order valence-corrected chi connectivity index (χ4v) is 3.19. The molecule has 1 aromatic rings. The molecule has 2 N–H and O–H groups in total. The van der Waals surface area contributed by atoms with Crippen LogP contribution >= 0.6 is 12.6 Å². The Morgan fingerprint density at radius 3 is 2.89 bits per heavy atom. The minimum absolute atomic E-state index is 0.197. The van der Waals surface area contributed by atoms with Crippen LogP contribution in [0.15, 0.2) is 18.2 Å². The SMILES string of the molecule is O=C1CCC(N2Cc3ccc(O)cc3C2S)C(=O)N1. The maximum absolute atomic E-state index is 11.9. The van der Waals surface area contributed by atoms with E-state index in [0.29, 0.717) is 19.4 Å². The van der Waals surface area contributed by atoms with E-state index in [1.165, 1.54) is 0 Å². The topological polar surface area (TPSA) is 69.6 Å². The Kier molecular flexibility index (Phi) is 2.99. The number of carbonyl (C=O) groups excluding carboxylic acids is 2. The van der Waals surface area contributed by atoms with Crippen molar-refractivity contribution >= 4 is 24.4 Å². The van der Waals surface area contributed by atoms with Crippen molar-refractivity contribution in [2.45, 2.75) is 30.8 Å². The van der Waals surface area contributed by atoms with Crippen molar-refractivity contribution < 1.29 is 14.7 Å². The quantitative estimate of drug-likeness (QED) is 0.528. The summed E-state index contributed by atoms with van der Waals surface area (Å²) in [5.74, 6) is -0.276. The largest absolute Gasteiger partial charge is 0.508 e. The zero-order valence-electron chi connectivity index (χ0n) is 10.2. The van der Waals surface area contributed by atoms with E-state index in [0.717, 1.165) is 11.1 Å². The molecule has 2 unspecified atom stereocenters. The van der Waals surface area contributed by atoms with E-state index in [9.17, 15) is 14.7 Å². The predicted octanol–water partition coefficient (Wildman–Crippen LogP) is 0.941. The van der Waals surface area contributed by atoms with Gasteiger partial charge in [-0.25, -0.2) is 0 Å². The van der Waals surface area contributed by atoms with Crippen molar-refractivity contribution in [3.05, 3.63) is 29.3 Å². The Morgan fingerprint density at radius 1 is 1.37 bits per heavy atom. The monoisotopic (exact) mass is 278 g/mol. The van der Waals surface area contributed by atoms with E-state index in [1.54, 1.807) is 12.1 Å². The van der Waals surface area contributed by atoms with Gasteiger partial charge in [-0.2, -0.15) is 12.6 Å². The molecule has 19 heavy (non-hydrogen) atoms. The van der Waals surface area contributed by atoms with Crippen LogP contribution in [0.4, 0.5) is 0 Å². The second kappa shape index (κ2) is 4.54. The normalized spacial score (nSPS) is 27.2. The van der Waals surface area contributed by atoms with Crippen molar-refractivity contribution in [1.29, 1.82) is 0 Å². The predicted molar refractivity (Wildman–Crippen MR) is 71.5 cm³/mol. The van der Waals surface area contributed by atoms with E-state index >= 15 is 0 Å². The maximum Gasteiger partial charge on any atom is 0.243 e. The lowest BCUT2D eigenvalue weighted by Crippen LogP contribution is -2.51. The van der Waals surface area contributed by atoms with Crippen molar-refractivity contribution in [3.63, 3.8) is 0 Å². The molecule has 100 valence electrons. The number of hydrogen-bond acceptors (Lipinski definition) is 5. The number of phenolic OH excluding ortho intramolecular Hbond substituents is 1. The van der Waals surface area contributed by atoms with Crippen LogP contribution in [-0.4, -0.2) is 27.9 Å². The number of hydrogen-bond donors (Lipinski definition) is 3. The van der Waals surface area contributed by atoms with Crippen LogP contribution < -0.4 is 5.32 Å². The Bertz CT molecular complexity index is 561. The molecule has 2 aliphatic heterocycles. The van der Waals surface area contributed by atoms with E-state index in [-0.39, 0.29) is 29.0 Å². The first-order chi connectivity index (χ1) is 9.06. The lowest BCUT2D eigenvalue weighted by atomic mass is 10.0. The minimum Gasteiger partial charge on any atom is -0.508 e. The van der Waals surface area contributed by atoms with Gasteiger partial charge >= 0.3 is 0 Å². The first-order valence-corrected chi connectivity index (χ1v) is 6.67. The van der Waals surface area contributed by atoms with Gasteiger partial charge in [0.25, 0.3) is 0 Å². The average molecular weight is 278 g/mol. The number of carbonyl (C=O) groups is 2. The highest BCUT2D eigenvalue weighted by Gasteiger charge is 2.38. The highest BCUT2D eigenvalue weighted by molar-refractivity contribution is 7.80. The van der Waals surface area contributed by atoms with Crippen LogP contribution in [0, 0.1) is 0 Å². The summed E-state index contributed by atoms with van der Waals surface area (Å²) >= 11 is 4.54. The third kappa shape index (κ3) is 2.11.